The fourth-order valence-electron chi connectivity index (χ4n) is 1.34. The number of hydrogen-bond acceptors (Lipinski definition) is 3. The highest BCUT2D eigenvalue weighted by molar-refractivity contribution is 6.30. The van der Waals surface area contributed by atoms with Crippen LogP contribution in [0.1, 0.15) is 13.3 Å². The molecule has 0 aliphatic heterocycles. The van der Waals surface area contributed by atoms with Crippen LogP contribution in [0.2, 0.25) is 5.02 Å². The Morgan fingerprint density at radius 3 is 2.67 bits per heavy atom. The number of carbonyl (C=O) groups excluding carboxylic acids is 1. The van der Waals surface area contributed by atoms with Crippen LogP contribution in [0.15, 0.2) is 24.3 Å². The Kier molecular flexibility index (Phi) is 6.54. The maximum absolute atomic E-state index is 11.7. The quantitative estimate of drug-likeness (QED) is 0.774. The number of carbonyl (C=O) groups is 1. The molecule has 0 fully saturated rings. The summed E-state index contributed by atoms with van der Waals surface area (Å²) < 4.78 is 10.4. The molecule has 1 rings (SSSR count). The van der Waals surface area contributed by atoms with E-state index in [1.165, 1.54) is 0 Å². The summed E-state index contributed by atoms with van der Waals surface area (Å²) in [4.78, 5) is 11.7. The van der Waals surface area contributed by atoms with Crippen LogP contribution in [0.25, 0.3) is 0 Å². The van der Waals surface area contributed by atoms with Gasteiger partial charge in [-0.2, -0.15) is 0 Å². The zero-order valence-corrected chi connectivity index (χ0v) is 11.4. The van der Waals surface area contributed by atoms with Gasteiger partial charge in [0.1, 0.15) is 5.75 Å². The van der Waals surface area contributed by atoms with E-state index < -0.39 is 6.10 Å². The third-order valence-electron chi connectivity index (χ3n) is 2.32. The fourth-order valence-corrected chi connectivity index (χ4v) is 1.47. The molecule has 1 aromatic rings. The van der Waals surface area contributed by atoms with Gasteiger partial charge in [-0.3, -0.25) is 4.79 Å². The van der Waals surface area contributed by atoms with Gasteiger partial charge >= 0.3 is 0 Å². The lowest BCUT2D eigenvalue weighted by Crippen LogP contribution is -2.37. The Balaban J connectivity index is 2.33. The summed E-state index contributed by atoms with van der Waals surface area (Å²) in [5, 5.41) is 3.42. The molecular weight excluding hydrogens is 254 g/mol. The summed E-state index contributed by atoms with van der Waals surface area (Å²) in [7, 11) is 1.63. The highest BCUT2D eigenvalue weighted by atomic mass is 35.5. The standard InChI is InChI=1S/C13H18ClNO3/c1-10(13(16)15-8-3-9-17-2)18-12-6-4-11(14)5-7-12/h4-7,10H,3,8-9H2,1-2H3,(H,15,16)/t10-/m1/s1. The van der Waals surface area contributed by atoms with Crippen LogP contribution >= 0.6 is 11.6 Å². The third kappa shape index (κ3) is 5.38. The molecule has 4 nitrogen and oxygen atoms in total. The van der Waals surface area contributed by atoms with Gasteiger partial charge in [0, 0.05) is 25.3 Å². The number of ether oxygens (including phenoxy) is 2. The van der Waals surface area contributed by atoms with Crippen molar-refractivity contribution in [2.75, 3.05) is 20.3 Å². The maximum atomic E-state index is 11.7. The molecule has 0 spiro atoms. The number of rotatable bonds is 7. The molecule has 0 radical (unpaired) electrons. The molecule has 1 atom stereocenters. The smallest absolute Gasteiger partial charge is 0.260 e. The summed E-state index contributed by atoms with van der Waals surface area (Å²) in [5.74, 6) is 0.486. The molecule has 0 aliphatic carbocycles. The van der Waals surface area contributed by atoms with Gasteiger partial charge in [0.15, 0.2) is 6.10 Å². The largest absolute Gasteiger partial charge is 0.481 e. The highest BCUT2D eigenvalue weighted by Gasteiger charge is 2.13. The number of benzene rings is 1. The summed E-state index contributed by atoms with van der Waals surface area (Å²) in [6.45, 7) is 2.92. The number of nitrogens with one attached hydrogen (secondary N) is 1. The van der Waals surface area contributed by atoms with E-state index in [0.717, 1.165) is 6.42 Å². The first-order valence-corrected chi connectivity index (χ1v) is 6.20. The minimum Gasteiger partial charge on any atom is -0.481 e. The second kappa shape index (κ2) is 7.95. The summed E-state index contributed by atoms with van der Waals surface area (Å²) >= 11 is 5.76. The van der Waals surface area contributed by atoms with Gasteiger partial charge in [0.25, 0.3) is 5.91 Å². The predicted octanol–water partition coefficient (Wildman–Crippen LogP) is 2.26. The first-order chi connectivity index (χ1) is 8.63. The van der Waals surface area contributed by atoms with Crippen molar-refractivity contribution in [1.29, 1.82) is 0 Å². The van der Waals surface area contributed by atoms with Gasteiger partial charge < -0.3 is 14.8 Å². The van der Waals surface area contributed by atoms with E-state index in [2.05, 4.69) is 5.32 Å². The minimum absolute atomic E-state index is 0.138. The summed E-state index contributed by atoms with van der Waals surface area (Å²) in [5.41, 5.74) is 0. The van der Waals surface area contributed by atoms with Crippen molar-refractivity contribution in [2.45, 2.75) is 19.4 Å². The Bertz CT molecular complexity index is 367. The Morgan fingerprint density at radius 2 is 2.06 bits per heavy atom. The van der Waals surface area contributed by atoms with Gasteiger partial charge in [-0.15, -0.1) is 0 Å². The van der Waals surface area contributed by atoms with Gasteiger partial charge in [-0.1, -0.05) is 11.6 Å². The molecule has 0 unspecified atom stereocenters. The molecule has 0 saturated heterocycles. The first kappa shape index (κ1) is 14.8. The molecular formula is C13H18ClNO3. The van der Waals surface area contributed by atoms with Crippen molar-refractivity contribution in [2.24, 2.45) is 0 Å². The number of methoxy groups -OCH3 is 1. The maximum Gasteiger partial charge on any atom is 0.260 e. The van der Waals surface area contributed by atoms with Crippen molar-refractivity contribution < 1.29 is 14.3 Å². The lowest BCUT2D eigenvalue weighted by atomic mass is 10.3. The summed E-state index contributed by atoms with van der Waals surface area (Å²) in [6.07, 6.45) is 0.254. The van der Waals surface area contributed by atoms with Crippen molar-refractivity contribution in [1.82, 2.24) is 5.32 Å². The Hall–Kier alpha value is -1.26. The topological polar surface area (TPSA) is 47.6 Å². The van der Waals surface area contributed by atoms with Crippen LogP contribution in [0, 0.1) is 0 Å². The van der Waals surface area contributed by atoms with Gasteiger partial charge in [-0.25, -0.2) is 0 Å². The lowest BCUT2D eigenvalue weighted by Gasteiger charge is -2.14. The van der Waals surface area contributed by atoms with E-state index >= 15 is 0 Å². The molecule has 0 saturated carbocycles. The average molecular weight is 272 g/mol. The molecule has 18 heavy (non-hydrogen) atoms. The normalized spacial score (nSPS) is 11.9. The van der Waals surface area contributed by atoms with E-state index in [4.69, 9.17) is 21.1 Å². The fraction of sp³-hybridized carbons (Fsp3) is 0.462. The summed E-state index contributed by atoms with van der Waals surface area (Å²) in [6, 6.07) is 6.91. The van der Waals surface area contributed by atoms with Crippen LogP contribution in [0.5, 0.6) is 5.75 Å². The van der Waals surface area contributed by atoms with Crippen molar-refractivity contribution in [3.05, 3.63) is 29.3 Å². The third-order valence-corrected chi connectivity index (χ3v) is 2.57. The van der Waals surface area contributed by atoms with Gasteiger partial charge in [0.05, 0.1) is 0 Å². The van der Waals surface area contributed by atoms with Crippen molar-refractivity contribution in [3.8, 4) is 5.75 Å². The first-order valence-electron chi connectivity index (χ1n) is 5.82. The molecule has 1 aromatic carbocycles. The van der Waals surface area contributed by atoms with Crippen LogP contribution in [-0.2, 0) is 9.53 Å². The molecule has 1 N–H and O–H groups in total. The van der Waals surface area contributed by atoms with Crippen LogP contribution < -0.4 is 10.1 Å². The highest BCUT2D eigenvalue weighted by Crippen LogP contribution is 2.16. The van der Waals surface area contributed by atoms with E-state index in [1.807, 2.05) is 0 Å². The van der Waals surface area contributed by atoms with E-state index in [1.54, 1.807) is 38.3 Å². The SMILES string of the molecule is COCCCNC(=O)[C@@H](C)Oc1ccc(Cl)cc1. The second-order valence-electron chi connectivity index (χ2n) is 3.85. The molecule has 5 heteroatoms. The Morgan fingerprint density at radius 1 is 1.39 bits per heavy atom. The van der Waals surface area contributed by atoms with Crippen molar-refractivity contribution in [3.63, 3.8) is 0 Å². The molecule has 0 heterocycles. The van der Waals surface area contributed by atoms with Crippen molar-refractivity contribution >= 4 is 17.5 Å². The van der Waals surface area contributed by atoms with Gasteiger partial charge in [-0.05, 0) is 37.6 Å². The average Bonchev–Trinajstić information content (AvgIpc) is 2.37. The van der Waals surface area contributed by atoms with Crippen LogP contribution in [0.3, 0.4) is 0 Å². The molecule has 100 valence electrons. The monoisotopic (exact) mass is 271 g/mol. The predicted molar refractivity (Wildman–Crippen MR) is 71.0 cm³/mol. The minimum atomic E-state index is -0.534. The number of amides is 1. The molecule has 0 bridgehead atoms. The lowest BCUT2D eigenvalue weighted by molar-refractivity contribution is -0.127. The van der Waals surface area contributed by atoms with E-state index in [0.29, 0.717) is 23.9 Å². The zero-order chi connectivity index (χ0) is 13.4. The van der Waals surface area contributed by atoms with Gasteiger partial charge in [0.2, 0.25) is 0 Å². The Labute approximate surface area is 112 Å². The van der Waals surface area contributed by atoms with E-state index in [9.17, 15) is 4.79 Å². The second-order valence-corrected chi connectivity index (χ2v) is 4.29. The van der Waals surface area contributed by atoms with Crippen LogP contribution in [0.4, 0.5) is 0 Å². The molecule has 0 aliphatic rings. The van der Waals surface area contributed by atoms with E-state index in [-0.39, 0.29) is 5.91 Å². The van der Waals surface area contributed by atoms with Crippen LogP contribution in [-0.4, -0.2) is 32.3 Å². The molecule has 0 aromatic heterocycles. The molecule has 1 amide bonds. The number of halogens is 1. The number of hydrogen-bond donors (Lipinski definition) is 1. The zero-order valence-electron chi connectivity index (χ0n) is 10.6.